The van der Waals surface area contributed by atoms with E-state index in [1.54, 1.807) is 0 Å². The molecule has 1 aromatic heterocycles. The van der Waals surface area contributed by atoms with Crippen molar-refractivity contribution < 1.29 is 4.39 Å². The second kappa shape index (κ2) is 12.9. The van der Waals surface area contributed by atoms with Gasteiger partial charge in [-0.25, -0.2) is 4.39 Å². The second-order valence-electron chi connectivity index (χ2n) is 17.9. The maximum atomic E-state index is 14.0. The molecule has 0 spiro atoms. The zero-order chi connectivity index (χ0) is 41.2. The Morgan fingerprint density at radius 1 is 0.393 bits per heavy atom. The highest BCUT2D eigenvalue weighted by molar-refractivity contribution is 6.10. The maximum Gasteiger partial charge on any atom is 0.123 e. The third-order valence-corrected chi connectivity index (χ3v) is 13.8. The third-order valence-electron chi connectivity index (χ3n) is 13.8. The molecule has 3 heteroatoms. The molecule has 61 heavy (non-hydrogen) atoms. The molecule has 0 aliphatic heterocycles. The van der Waals surface area contributed by atoms with Gasteiger partial charge in [-0.1, -0.05) is 131 Å². The van der Waals surface area contributed by atoms with Gasteiger partial charge in [0.2, 0.25) is 0 Å². The Balaban J connectivity index is 0.965. The van der Waals surface area contributed by atoms with Crippen LogP contribution in [-0.4, -0.2) is 4.57 Å². The van der Waals surface area contributed by atoms with Crippen LogP contribution in [0.1, 0.15) is 49.9 Å². The highest BCUT2D eigenvalue weighted by Crippen LogP contribution is 2.54. The summed E-state index contributed by atoms with van der Waals surface area (Å²) in [7, 11) is 0. The molecule has 0 unspecified atom stereocenters. The molecule has 0 saturated carbocycles. The Hall–Kier alpha value is -7.23. The fourth-order valence-corrected chi connectivity index (χ4v) is 10.7. The summed E-state index contributed by atoms with van der Waals surface area (Å²) in [6.45, 7) is 9.46. The van der Waals surface area contributed by atoms with Gasteiger partial charge in [0.15, 0.2) is 0 Å². The highest BCUT2D eigenvalue weighted by atomic mass is 19.1. The molecule has 0 atom stereocenters. The van der Waals surface area contributed by atoms with Gasteiger partial charge in [0.1, 0.15) is 5.82 Å². The number of anilines is 3. The van der Waals surface area contributed by atoms with Crippen molar-refractivity contribution in [1.82, 2.24) is 4.57 Å². The monoisotopic (exact) mass is 786 g/mol. The molecule has 0 radical (unpaired) electrons. The van der Waals surface area contributed by atoms with Crippen LogP contribution in [0, 0.1) is 5.82 Å². The Morgan fingerprint density at radius 2 is 0.918 bits per heavy atom. The molecule has 2 aliphatic carbocycles. The van der Waals surface area contributed by atoms with Gasteiger partial charge in [0, 0.05) is 44.4 Å². The highest BCUT2D eigenvalue weighted by Gasteiger charge is 2.38. The number of aromatic nitrogens is 1. The molecule has 0 saturated heterocycles. The number of benzene rings is 9. The standard InChI is InChI=1S/C58H43FN2/c1-57(2)51-15-9-7-13-45(51)47-28-25-43(34-53(47)57)60(42-22-17-36-11-5-6-12-37(36)31-42)44-26-29-48-46-27-18-39(33-52(46)58(3,4)54(48)35-44)38-19-30-56-50(32-38)49-14-8-10-16-55(49)61(56)41-23-20-40(59)21-24-41/h5-35H,1-4H3. The van der Waals surface area contributed by atoms with Crippen molar-refractivity contribution in [1.29, 1.82) is 0 Å². The van der Waals surface area contributed by atoms with E-state index in [0.717, 1.165) is 33.8 Å². The Morgan fingerprint density at radius 3 is 1.67 bits per heavy atom. The fourth-order valence-electron chi connectivity index (χ4n) is 10.7. The summed E-state index contributed by atoms with van der Waals surface area (Å²) in [5.74, 6) is -0.234. The van der Waals surface area contributed by atoms with Crippen molar-refractivity contribution >= 4 is 49.6 Å². The van der Waals surface area contributed by atoms with Crippen LogP contribution >= 0.6 is 0 Å². The van der Waals surface area contributed by atoms with Crippen molar-refractivity contribution in [2.45, 2.75) is 38.5 Å². The summed E-state index contributed by atoms with van der Waals surface area (Å²) in [5, 5.41) is 4.81. The minimum Gasteiger partial charge on any atom is -0.310 e. The lowest BCUT2D eigenvalue weighted by Crippen LogP contribution is -2.18. The molecule has 2 nitrogen and oxygen atoms in total. The zero-order valence-corrected chi connectivity index (χ0v) is 34.7. The van der Waals surface area contributed by atoms with Gasteiger partial charge >= 0.3 is 0 Å². The van der Waals surface area contributed by atoms with Gasteiger partial charge in [0.05, 0.1) is 11.0 Å². The first-order valence-electron chi connectivity index (χ1n) is 21.3. The van der Waals surface area contributed by atoms with Crippen LogP contribution in [0.4, 0.5) is 21.5 Å². The summed E-state index contributed by atoms with van der Waals surface area (Å²) in [6.07, 6.45) is 0. The fraction of sp³-hybridized carbons (Fsp3) is 0.103. The first kappa shape index (κ1) is 35.7. The summed E-state index contributed by atoms with van der Waals surface area (Å²) < 4.78 is 16.2. The smallest absolute Gasteiger partial charge is 0.123 e. The maximum absolute atomic E-state index is 14.0. The number of fused-ring (bicyclic) bond motifs is 10. The molecule has 1 heterocycles. The van der Waals surface area contributed by atoms with Crippen LogP contribution in [0.25, 0.3) is 71.6 Å². The van der Waals surface area contributed by atoms with Crippen LogP contribution in [0.3, 0.4) is 0 Å². The largest absolute Gasteiger partial charge is 0.310 e. The predicted octanol–water partition coefficient (Wildman–Crippen LogP) is 15.8. The average molecular weight is 787 g/mol. The second-order valence-corrected chi connectivity index (χ2v) is 17.9. The first-order chi connectivity index (χ1) is 29.6. The van der Waals surface area contributed by atoms with Crippen LogP contribution in [0.5, 0.6) is 0 Å². The van der Waals surface area contributed by atoms with E-state index in [9.17, 15) is 4.39 Å². The van der Waals surface area contributed by atoms with Crippen LogP contribution in [-0.2, 0) is 10.8 Å². The number of rotatable bonds is 5. The van der Waals surface area contributed by atoms with Crippen molar-refractivity contribution in [2.24, 2.45) is 0 Å². The van der Waals surface area contributed by atoms with Gasteiger partial charge in [-0.3, -0.25) is 0 Å². The molecule has 0 N–H and O–H groups in total. The van der Waals surface area contributed by atoms with Crippen LogP contribution in [0.2, 0.25) is 0 Å². The van der Waals surface area contributed by atoms with E-state index >= 15 is 0 Å². The SMILES string of the molecule is CC1(C)c2ccccc2-c2ccc(N(c3ccc4c(c3)C(C)(C)c3cc(-c5ccc6c(c5)c5ccccc5n6-c5ccc(F)cc5)ccc3-4)c3ccc4ccccc4c3)cc21. The molecule has 12 rings (SSSR count). The first-order valence-corrected chi connectivity index (χ1v) is 21.3. The van der Waals surface area contributed by atoms with Crippen LogP contribution in [0.15, 0.2) is 188 Å². The number of para-hydroxylation sites is 1. The minimum atomic E-state index is -0.240. The Bertz CT molecular complexity index is 3440. The van der Waals surface area contributed by atoms with Gasteiger partial charge in [-0.05, 0) is 151 Å². The number of halogens is 1. The normalized spacial score (nSPS) is 14.2. The van der Waals surface area contributed by atoms with E-state index in [1.807, 2.05) is 12.1 Å². The van der Waals surface area contributed by atoms with Crippen molar-refractivity contribution in [3.8, 4) is 39.1 Å². The molecule has 0 bridgehead atoms. The topological polar surface area (TPSA) is 8.17 Å². The Labute approximate surface area is 355 Å². The number of nitrogens with zero attached hydrogens (tertiary/aromatic N) is 2. The summed E-state index contributed by atoms with van der Waals surface area (Å²) in [5.41, 5.74) is 19.2. The summed E-state index contributed by atoms with van der Waals surface area (Å²) in [6, 6.07) is 67.6. The Kier molecular flexibility index (Phi) is 7.54. The summed E-state index contributed by atoms with van der Waals surface area (Å²) in [4.78, 5) is 2.45. The number of hydrogen-bond acceptors (Lipinski definition) is 1. The average Bonchev–Trinajstić information content (AvgIpc) is 3.83. The van der Waals surface area contributed by atoms with E-state index in [1.165, 1.54) is 89.3 Å². The van der Waals surface area contributed by atoms with E-state index < -0.39 is 0 Å². The number of hydrogen-bond donors (Lipinski definition) is 0. The lowest BCUT2D eigenvalue weighted by Gasteiger charge is -2.30. The molecule has 0 fully saturated rings. The molecule has 0 amide bonds. The van der Waals surface area contributed by atoms with E-state index in [4.69, 9.17) is 0 Å². The molecule has 2 aliphatic rings. The third kappa shape index (κ3) is 5.26. The van der Waals surface area contributed by atoms with E-state index in [2.05, 4.69) is 201 Å². The van der Waals surface area contributed by atoms with E-state index in [0.29, 0.717) is 0 Å². The van der Waals surface area contributed by atoms with Crippen molar-refractivity contribution in [2.75, 3.05) is 4.90 Å². The van der Waals surface area contributed by atoms with Crippen LogP contribution < -0.4 is 4.90 Å². The summed E-state index contributed by atoms with van der Waals surface area (Å²) >= 11 is 0. The van der Waals surface area contributed by atoms with Gasteiger partial charge in [-0.15, -0.1) is 0 Å². The predicted molar refractivity (Wildman–Crippen MR) is 253 cm³/mol. The molecular weight excluding hydrogens is 744 g/mol. The molecule has 10 aromatic rings. The van der Waals surface area contributed by atoms with Gasteiger partial charge in [0.25, 0.3) is 0 Å². The minimum absolute atomic E-state index is 0.111. The van der Waals surface area contributed by atoms with E-state index in [-0.39, 0.29) is 16.6 Å². The van der Waals surface area contributed by atoms with Gasteiger partial charge in [-0.2, -0.15) is 0 Å². The molecule has 9 aromatic carbocycles. The lowest BCUT2D eigenvalue weighted by atomic mass is 9.81. The van der Waals surface area contributed by atoms with Crippen molar-refractivity contribution in [3.05, 3.63) is 216 Å². The van der Waals surface area contributed by atoms with Crippen molar-refractivity contribution in [3.63, 3.8) is 0 Å². The lowest BCUT2D eigenvalue weighted by molar-refractivity contribution is 0.627. The van der Waals surface area contributed by atoms with Gasteiger partial charge < -0.3 is 9.47 Å². The quantitative estimate of drug-likeness (QED) is 0.169. The molecule has 292 valence electrons. The zero-order valence-electron chi connectivity index (χ0n) is 34.7. The molecular formula is C58H43FN2.